The number of esters is 2. The molecule has 0 aliphatic carbocycles. The molecule has 48 heavy (non-hydrogen) atoms. The lowest BCUT2D eigenvalue weighted by atomic mass is 9.96. The van der Waals surface area contributed by atoms with Crippen molar-refractivity contribution in [3.05, 3.63) is 166 Å². The average molecular weight is 644 g/mol. The summed E-state index contributed by atoms with van der Waals surface area (Å²) in [5, 5.41) is 6.13. The van der Waals surface area contributed by atoms with Gasteiger partial charge in [-0.1, -0.05) is 108 Å². The zero-order valence-corrected chi connectivity index (χ0v) is 25.9. The fourth-order valence-corrected chi connectivity index (χ4v) is 5.55. The Morgan fingerprint density at radius 3 is 1.94 bits per heavy atom. The molecule has 1 aliphatic heterocycles. The van der Waals surface area contributed by atoms with E-state index in [1.165, 1.54) is 0 Å². The third kappa shape index (κ3) is 8.06. The molecule has 5 aromatic carbocycles. The number of ether oxygens (including phenoxy) is 5. The maximum atomic E-state index is 13.2. The Labute approximate surface area is 277 Å². The number of fused-ring (bicyclic) bond motifs is 1. The van der Waals surface area contributed by atoms with Gasteiger partial charge in [-0.2, -0.15) is 0 Å². The van der Waals surface area contributed by atoms with Gasteiger partial charge in [-0.15, -0.1) is 0 Å². The van der Waals surface area contributed by atoms with Crippen LogP contribution >= 0.6 is 0 Å². The standard InChI is InChI=1S/C38H33N3O7/c39-41-40-33-35(45-23-26-12-4-1-5-13-26)34(44-24-27-20-21-28-14-10-11-19-31(28)22-27)32(25-46-36(42)29-15-6-2-7-16-29)47-38(33)48-37(43)30-17-8-3-9-18-30/h1-22,32-35,38H,23-25H2/t32-,33-,34-,35-,38+/m1/s1. The molecule has 1 saturated heterocycles. The molecular weight excluding hydrogens is 610 g/mol. The van der Waals surface area contributed by atoms with Gasteiger partial charge < -0.3 is 23.7 Å². The number of hydrogen-bond donors (Lipinski definition) is 0. The molecule has 6 rings (SSSR count). The van der Waals surface area contributed by atoms with Crippen molar-refractivity contribution in [3.63, 3.8) is 0 Å². The SMILES string of the molecule is [N-]=[N+]=N[C@H]1[C@H](OC(=O)c2ccccc2)O[C@H](COC(=O)c2ccccc2)[C@@H](OCc2ccc3ccccc3c2)[C@@H]1OCc1ccccc1. The van der Waals surface area contributed by atoms with Crippen molar-refractivity contribution >= 4 is 22.7 Å². The molecule has 0 amide bonds. The molecule has 5 aromatic rings. The molecule has 1 fully saturated rings. The minimum absolute atomic E-state index is 0.134. The Balaban J connectivity index is 1.32. The molecule has 0 unspecified atom stereocenters. The second-order valence-corrected chi connectivity index (χ2v) is 11.2. The lowest BCUT2D eigenvalue weighted by Gasteiger charge is -2.44. The van der Waals surface area contributed by atoms with E-state index in [9.17, 15) is 15.1 Å². The molecule has 1 heterocycles. The van der Waals surface area contributed by atoms with E-state index < -0.39 is 42.6 Å². The van der Waals surface area contributed by atoms with Crippen LogP contribution < -0.4 is 0 Å². The van der Waals surface area contributed by atoms with Gasteiger partial charge in [0.2, 0.25) is 6.29 Å². The smallest absolute Gasteiger partial charge is 0.340 e. The van der Waals surface area contributed by atoms with Gasteiger partial charge in [-0.05, 0) is 57.8 Å². The summed E-state index contributed by atoms with van der Waals surface area (Å²) >= 11 is 0. The molecule has 0 spiro atoms. The largest absolute Gasteiger partial charge is 0.459 e. The van der Waals surface area contributed by atoms with Crippen LogP contribution in [-0.4, -0.2) is 49.2 Å². The van der Waals surface area contributed by atoms with Crippen molar-refractivity contribution in [1.82, 2.24) is 0 Å². The third-order valence-electron chi connectivity index (χ3n) is 7.96. The zero-order valence-electron chi connectivity index (χ0n) is 25.9. The van der Waals surface area contributed by atoms with Crippen LogP contribution in [0.3, 0.4) is 0 Å². The Morgan fingerprint density at radius 2 is 1.25 bits per heavy atom. The van der Waals surface area contributed by atoms with E-state index in [-0.39, 0.29) is 25.4 Å². The molecular formula is C38H33N3O7. The molecule has 0 saturated carbocycles. The predicted octanol–water partition coefficient (Wildman–Crippen LogP) is 7.43. The van der Waals surface area contributed by atoms with Crippen molar-refractivity contribution in [2.45, 2.75) is 43.9 Å². The van der Waals surface area contributed by atoms with E-state index in [4.69, 9.17) is 23.7 Å². The molecule has 5 atom stereocenters. The normalized spacial score (nSPS) is 20.4. The summed E-state index contributed by atoms with van der Waals surface area (Å²) < 4.78 is 30.8. The summed E-state index contributed by atoms with van der Waals surface area (Å²) in [5.41, 5.74) is 12.0. The predicted molar refractivity (Wildman–Crippen MR) is 178 cm³/mol. The van der Waals surface area contributed by atoms with E-state index in [0.717, 1.165) is 21.9 Å². The number of benzene rings is 5. The molecule has 0 bridgehead atoms. The van der Waals surface area contributed by atoms with E-state index in [1.54, 1.807) is 60.7 Å². The van der Waals surface area contributed by atoms with Crippen molar-refractivity contribution in [3.8, 4) is 0 Å². The van der Waals surface area contributed by atoms with Crippen LogP contribution in [0, 0.1) is 0 Å². The molecule has 10 heteroatoms. The highest BCUT2D eigenvalue weighted by atomic mass is 16.7. The molecule has 242 valence electrons. The van der Waals surface area contributed by atoms with Gasteiger partial charge in [0.15, 0.2) is 0 Å². The van der Waals surface area contributed by atoms with Gasteiger partial charge in [-0.3, -0.25) is 0 Å². The van der Waals surface area contributed by atoms with Crippen molar-refractivity contribution in [1.29, 1.82) is 0 Å². The molecule has 0 N–H and O–H groups in total. The Kier molecular flexibility index (Phi) is 10.7. The summed E-state index contributed by atoms with van der Waals surface area (Å²) in [4.78, 5) is 29.3. The average Bonchev–Trinajstić information content (AvgIpc) is 3.14. The van der Waals surface area contributed by atoms with Crippen LogP contribution in [0.1, 0.15) is 31.8 Å². The minimum Gasteiger partial charge on any atom is -0.459 e. The van der Waals surface area contributed by atoms with Crippen molar-refractivity contribution < 1.29 is 33.3 Å². The second kappa shape index (κ2) is 15.9. The molecule has 0 aromatic heterocycles. The Hall–Kier alpha value is -5.51. The monoisotopic (exact) mass is 643 g/mol. The summed E-state index contributed by atoms with van der Waals surface area (Å²) in [6.45, 7) is 0.0169. The van der Waals surface area contributed by atoms with Gasteiger partial charge in [0.05, 0.1) is 24.3 Å². The summed E-state index contributed by atoms with van der Waals surface area (Å²) in [5.74, 6) is -1.25. The second-order valence-electron chi connectivity index (χ2n) is 11.2. The van der Waals surface area contributed by atoms with Crippen LogP contribution in [0.5, 0.6) is 0 Å². The summed E-state index contributed by atoms with van der Waals surface area (Å²) in [7, 11) is 0. The summed E-state index contributed by atoms with van der Waals surface area (Å²) in [6.07, 6.45) is -4.23. The Morgan fingerprint density at radius 1 is 0.667 bits per heavy atom. The minimum atomic E-state index is -1.38. The lowest BCUT2D eigenvalue weighted by Crippen LogP contribution is -2.60. The highest BCUT2D eigenvalue weighted by molar-refractivity contribution is 5.90. The maximum absolute atomic E-state index is 13.2. The van der Waals surface area contributed by atoms with Gasteiger partial charge in [0.1, 0.15) is 31.0 Å². The number of carbonyl (C=O) groups is 2. The highest BCUT2D eigenvalue weighted by Gasteiger charge is 2.49. The molecule has 0 radical (unpaired) electrons. The number of rotatable bonds is 12. The van der Waals surface area contributed by atoms with Crippen LogP contribution in [-0.2, 0) is 36.9 Å². The van der Waals surface area contributed by atoms with Crippen LogP contribution in [0.2, 0.25) is 0 Å². The number of hydrogen-bond acceptors (Lipinski definition) is 8. The molecule has 10 nitrogen and oxygen atoms in total. The first-order valence-electron chi connectivity index (χ1n) is 15.5. The highest BCUT2D eigenvalue weighted by Crippen LogP contribution is 2.32. The lowest BCUT2D eigenvalue weighted by molar-refractivity contribution is -0.269. The zero-order chi connectivity index (χ0) is 33.1. The van der Waals surface area contributed by atoms with E-state index in [1.807, 2.05) is 72.8 Å². The van der Waals surface area contributed by atoms with E-state index >= 15 is 0 Å². The van der Waals surface area contributed by atoms with Gasteiger partial charge >= 0.3 is 11.9 Å². The fourth-order valence-electron chi connectivity index (χ4n) is 5.55. The fraction of sp³-hybridized carbons (Fsp3) is 0.211. The van der Waals surface area contributed by atoms with Gasteiger partial charge in [0, 0.05) is 4.91 Å². The third-order valence-corrected chi connectivity index (χ3v) is 7.96. The topological polar surface area (TPSA) is 129 Å². The van der Waals surface area contributed by atoms with Crippen molar-refractivity contribution in [2.75, 3.05) is 6.61 Å². The maximum Gasteiger partial charge on any atom is 0.340 e. The van der Waals surface area contributed by atoms with E-state index in [2.05, 4.69) is 10.0 Å². The van der Waals surface area contributed by atoms with Gasteiger partial charge in [0.25, 0.3) is 0 Å². The first kappa shape index (κ1) is 32.4. The first-order valence-corrected chi connectivity index (χ1v) is 15.5. The number of carbonyl (C=O) groups excluding carboxylic acids is 2. The van der Waals surface area contributed by atoms with E-state index in [0.29, 0.717) is 5.56 Å². The van der Waals surface area contributed by atoms with Gasteiger partial charge in [-0.25, -0.2) is 9.59 Å². The molecule has 1 aliphatic rings. The number of azide groups is 1. The first-order chi connectivity index (χ1) is 23.6. The Bertz CT molecular complexity index is 1870. The summed E-state index contributed by atoms with van der Waals surface area (Å²) in [6, 6.07) is 39.3. The van der Waals surface area contributed by atoms with Crippen molar-refractivity contribution in [2.24, 2.45) is 5.11 Å². The number of nitrogens with zero attached hydrogens (tertiary/aromatic N) is 3. The van der Waals surface area contributed by atoms with Crippen LogP contribution in [0.4, 0.5) is 0 Å². The van der Waals surface area contributed by atoms with Crippen LogP contribution in [0.15, 0.2) is 139 Å². The quantitative estimate of drug-likeness (QED) is 0.0598. The van der Waals surface area contributed by atoms with Crippen LogP contribution in [0.25, 0.3) is 21.2 Å².